The van der Waals surface area contributed by atoms with Gasteiger partial charge in [0.25, 0.3) is 0 Å². The molecule has 4 rings (SSSR count). The van der Waals surface area contributed by atoms with E-state index >= 15 is 0 Å². The maximum absolute atomic E-state index is 13.0. The molecule has 3 nitrogen and oxygen atoms in total. The molecule has 1 N–H and O–H groups in total. The van der Waals surface area contributed by atoms with Crippen molar-refractivity contribution in [3.63, 3.8) is 0 Å². The number of benzene rings is 3. The van der Waals surface area contributed by atoms with Crippen molar-refractivity contribution in [1.29, 1.82) is 0 Å². The fourth-order valence-corrected chi connectivity index (χ4v) is 4.07. The number of aromatic nitrogens is 1. The van der Waals surface area contributed by atoms with Gasteiger partial charge in [-0.2, -0.15) is 0 Å². The second-order valence-corrected chi connectivity index (χ2v) is 8.30. The van der Waals surface area contributed by atoms with Gasteiger partial charge in [-0.1, -0.05) is 83.1 Å². The van der Waals surface area contributed by atoms with Crippen molar-refractivity contribution in [2.24, 2.45) is 0 Å². The first-order valence-corrected chi connectivity index (χ1v) is 10.7. The Balaban J connectivity index is 1.62. The third-order valence-corrected chi connectivity index (χ3v) is 5.81. The molecule has 0 saturated heterocycles. The van der Waals surface area contributed by atoms with E-state index in [1.54, 1.807) is 18.2 Å². The standard InChI is InChI=1S/C26H21FN2OS/c1-17-3-10-20(11-4-17)24-25(21-12-5-18(2)6-13-21)31-26(29-24)28-23(30)16-9-19-7-14-22(27)15-8-19/h3-16H,1-2H3,(H,28,29,30)/b16-9+. The molecule has 0 aliphatic rings. The van der Waals surface area contributed by atoms with Gasteiger partial charge in [-0.25, -0.2) is 9.37 Å². The van der Waals surface area contributed by atoms with E-state index in [4.69, 9.17) is 4.98 Å². The third kappa shape index (κ3) is 5.13. The summed E-state index contributed by atoms with van der Waals surface area (Å²) < 4.78 is 13.0. The number of nitrogens with one attached hydrogen (secondary N) is 1. The quantitative estimate of drug-likeness (QED) is 0.352. The van der Waals surface area contributed by atoms with Crippen LogP contribution in [0.5, 0.6) is 0 Å². The zero-order chi connectivity index (χ0) is 21.8. The number of hydrogen-bond donors (Lipinski definition) is 1. The Morgan fingerprint density at radius 1 is 0.871 bits per heavy atom. The molecule has 0 spiro atoms. The first-order chi connectivity index (χ1) is 15.0. The summed E-state index contributed by atoms with van der Waals surface area (Å²) in [5.74, 6) is -0.597. The van der Waals surface area contributed by atoms with Gasteiger partial charge in [-0.15, -0.1) is 0 Å². The van der Waals surface area contributed by atoms with E-state index in [9.17, 15) is 9.18 Å². The molecule has 154 valence electrons. The van der Waals surface area contributed by atoms with Gasteiger partial charge in [0, 0.05) is 11.6 Å². The third-order valence-electron chi connectivity index (χ3n) is 4.79. The fourth-order valence-electron chi connectivity index (χ4n) is 3.07. The van der Waals surface area contributed by atoms with Crippen molar-refractivity contribution in [3.05, 3.63) is 101 Å². The number of carbonyl (C=O) groups excluding carboxylic acids is 1. The summed E-state index contributed by atoms with van der Waals surface area (Å²) in [5, 5.41) is 3.38. The SMILES string of the molecule is Cc1ccc(-c2nc(NC(=O)/C=C/c3ccc(F)cc3)sc2-c2ccc(C)cc2)cc1. The monoisotopic (exact) mass is 428 g/mol. The highest BCUT2D eigenvalue weighted by molar-refractivity contribution is 7.19. The van der Waals surface area contributed by atoms with E-state index in [0.717, 1.165) is 27.3 Å². The number of thiazole rings is 1. The van der Waals surface area contributed by atoms with Crippen molar-refractivity contribution in [1.82, 2.24) is 4.98 Å². The lowest BCUT2D eigenvalue weighted by atomic mass is 10.0. The molecule has 5 heteroatoms. The number of nitrogens with zero attached hydrogens (tertiary/aromatic N) is 1. The van der Waals surface area contributed by atoms with E-state index in [1.165, 1.54) is 40.7 Å². The maximum atomic E-state index is 13.0. The van der Waals surface area contributed by atoms with Crippen LogP contribution in [0.3, 0.4) is 0 Å². The molecular formula is C26H21FN2OS. The van der Waals surface area contributed by atoms with Gasteiger partial charge >= 0.3 is 0 Å². The molecule has 0 aliphatic heterocycles. The number of aryl methyl sites for hydroxylation is 2. The van der Waals surface area contributed by atoms with Crippen molar-refractivity contribution >= 4 is 28.5 Å². The van der Waals surface area contributed by atoms with Gasteiger partial charge in [-0.3, -0.25) is 10.1 Å². The zero-order valence-electron chi connectivity index (χ0n) is 17.2. The van der Waals surface area contributed by atoms with Crippen LogP contribution in [0.2, 0.25) is 0 Å². The Bertz CT molecular complexity index is 1160. The van der Waals surface area contributed by atoms with Crippen LogP contribution in [-0.2, 0) is 4.79 Å². The summed E-state index contributed by atoms with van der Waals surface area (Å²) in [7, 11) is 0. The molecule has 1 heterocycles. The molecule has 31 heavy (non-hydrogen) atoms. The molecule has 0 atom stereocenters. The Morgan fingerprint density at radius 2 is 1.45 bits per heavy atom. The Labute approximate surface area is 184 Å². The highest BCUT2D eigenvalue weighted by Crippen LogP contribution is 2.39. The normalized spacial score (nSPS) is 11.1. The van der Waals surface area contributed by atoms with Gasteiger partial charge in [0.15, 0.2) is 5.13 Å². The minimum Gasteiger partial charge on any atom is -0.298 e. The average Bonchev–Trinajstić information content (AvgIpc) is 3.18. The summed E-state index contributed by atoms with van der Waals surface area (Å²) in [6.07, 6.45) is 3.07. The van der Waals surface area contributed by atoms with Crippen molar-refractivity contribution in [3.8, 4) is 21.7 Å². The largest absolute Gasteiger partial charge is 0.298 e. The Hall–Kier alpha value is -3.57. The van der Waals surface area contributed by atoms with Crippen LogP contribution in [0, 0.1) is 19.7 Å². The molecule has 0 radical (unpaired) electrons. The minimum atomic E-state index is -0.309. The van der Waals surface area contributed by atoms with Crippen LogP contribution < -0.4 is 5.32 Å². The first-order valence-electron chi connectivity index (χ1n) is 9.87. The molecule has 1 aromatic heterocycles. The van der Waals surface area contributed by atoms with Crippen LogP contribution in [-0.4, -0.2) is 10.9 Å². The van der Waals surface area contributed by atoms with Crippen LogP contribution in [0.1, 0.15) is 16.7 Å². The number of amides is 1. The number of halogens is 1. The summed E-state index contributed by atoms with van der Waals surface area (Å²) in [4.78, 5) is 18.2. The predicted molar refractivity (Wildman–Crippen MR) is 127 cm³/mol. The average molecular weight is 429 g/mol. The topological polar surface area (TPSA) is 42.0 Å². The van der Waals surface area contributed by atoms with E-state index in [1.807, 2.05) is 19.1 Å². The zero-order valence-corrected chi connectivity index (χ0v) is 18.0. The fraction of sp³-hybridized carbons (Fsp3) is 0.0769. The van der Waals surface area contributed by atoms with Crippen LogP contribution in [0.15, 0.2) is 78.9 Å². The number of anilines is 1. The van der Waals surface area contributed by atoms with Crippen molar-refractivity contribution in [2.45, 2.75) is 13.8 Å². The molecular weight excluding hydrogens is 407 g/mol. The number of rotatable bonds is 5. The van der Waals surface area contributed by atoms with Crippen LogP contribution in [0.4, 0.5) is 9.52 Å². The number of hydrogen-bond acceptors (Lipinski definition) is 3. The predicted octanol–water partition coefficient (Wildman–Crippen LogP) is 6.88. The highest BCUT2D eigenvalue weighted by Gasteiger charge is 2.16. The highest BCUT2D eigenvalue weighted by atomic mass is 32.1. The smallest absolute Gasteiger partial charge is 0.250 e. The number of carbonyl (C=O) groups is 1. The molecule has 4 aromatic rings. The molecule has 0 aliphatic carbocycles. The van der Waals surface area contributed by atoms with Gasteiger partial charge in [0.05, 0.1) is 10.6 Å². The Morgan fingerprint density at radius 3 is 2.06 bits per heavy atom. The van der Waals surface area contributed by atoms with E-state index in [-0.39, 0.29) is 11.7 Å². The lowest BCUT2D eigenvalue weighted by Crippen LogP contribution is -2.07. The summed E-state index contributed by atoms with van der Waals surface area (Å²) in [5.41, 5.74) is 6.00. The van der Waals surface area contributed by atoms with E-state index in [0.29, 0.717) is 5.13 Å². The summed E-state index contributed by atoms with van der Waals surface area (Å²) in [6.45, 7) is 4.10. The second-order valence-electron chi connectivity index (χ2n) is 7.30. The van der Waals surface area contributed by atoms with Crippen molar-refractivity contribution < 1.29 is 9.18 Å². The first kappa shape index (κ1) is 20.7. The van der Waals surface area contributed by atoms with Gasteiger partial charge in [0.2, 0.25) is 5.91 Å². The molecule has 0 bridgehead atoms. The summed E-state index contributed by atoms with van der Waals surface area (Å²) >= 11 is 1.44. The lowest BCUT2D eigenvalue weighted by molar-refractivity contribution is -0.111. The van der Waals surface area contributed by atoms with Crippen molar-refractivity contribution in [2.75, 3.05) is 5.32 Å². The summed E-state index contributed by atoms with van der Waals surface area (Å²) in [6, 6.07) is 22.4. The lowest BCUT2D eigenvalue weighted by Gasteiger charge is -2.04. The van der Waals surface area contributed by atoms with Gasteiger partial charge in [0.1, 0.15) is 5.82 Å². The van der Waals surface area contributed by atoms with Gasteiger partial charge in [-0.05, 0) is 43.2 Å². The molecule has 0 fully saturated rings. The van der Waals surface area contributed by atoms with Crippen LogP contribution in [0.25, 0.3) is 27.8 Å². The van der Waals surface area contributed by atoms with Gasteiger partial charge < -0.3 is 0 Å². The Kier molecular flexibility index (Phi) is 6.05. The molecule has 0 saturated carbocycles. The maximum Gasteiger partial charge on any atom is 0.250 e. The minimum absolute atomic E-state index is 0.288. The molecule has 0 unspecified atom stereocenters. The van der Waals surface area contributed by atoms with E-state index < -0.39 is 0 Å². The van der Waals surface area contributed by atoms with Crippen LogP contribution >= 0.6 is 11.3 Å². The van der Waals surface area contributed by atoms with E-state index in [2.05, 4.69) is 48.6 Å². The molecule has 1 amide bonds. The second kappa shape index (κ2) is 9.06. The molecule has 3 aromatic carbocycles.